The average molecular weight is 500 g/mol. The van der Waals surface area contributed by atoms with Crippen molar-refractivity contribution in [1.82, 2.24) is 10.2 Å². The van der Waals surface area contributed by atoms with Gasteiger partial charge < -0.3 is 10.2 Å². The molecule has 8 heteroatoms. The Balaban J connectivity index is 1.86. The number of amides is 2. The SMILES string of the molecule is C[C@@H](C(=O)NC1CCCCC1)N(Cc1c(Cl)cccc1Cl)C(=O)Cc1c(F)cccc1Cl. The van der Waals surface area contributed by atoms with Crippen molar-refractivity contribution >= 4 is 46.6 Å². The van der Waals surface area contributed by atoms with Gasteiger partial charge >= 0.3 is 0 Å². The summed E-state index contributed by atoms with van der Waals surface area (Å²) in [7, 11) is 0. The van der Waals surface area contributed by atoms with Gasteiger partial charge in [0.25, 0.3) is 0 Å². The van der Waals surface area contributed by atoms with Crippen molar-refractivity contribution in [2.45, 2.75) is 64.1 Å². The molecule has 0 radical (unpaired) electrons. The zero-order chi connectivity index (χ0) is 23.3. The van der Waals surface area contributed by atoms with E-state index >= 15 is 0 Å². The van der Waals surface area contributed by atoms with Crippen LogP contribution in [0, 0.1) is 5.82 Å². The van der Waals surface area contributed by atoms with Gasteiger partial charge in [0.05, 0.1) is 6.42 Å². The number of nitrogens with zero attached hydrogens (tertiary/aromatic N) is 1. The number of rotatable bonds is 7. The maximum atomic E-state index is 14.3. The summed E-state index contributed by atoms with van der Waals surface area (Å²) < 4.78 is 14.3. The van der Waals surface area contributed by atoms with Gasteiger partial charge in [0, 0.05) is 38.8 Å². The first-order valence-electron chi connectivity index (χ1n) is 10.7. The summed E-state index contributed by atoms with van der Waals surface area (Å²) in [6.07, 6.45) is 4.88. The Hall–Kier alpha value is -1.82. The summed E-state index contributed by atoms with van der Waals surface area (Å²) in [6, 6.07) is 8.61. The number of benzene rings is 2. The van der Waals surface area contributed by atoms with Crippen LogP contribution in [0.3, 0.4) is 0 Å². The fourth-order valence-electron chi connectivity index (χ4n) is 3.96. The second-order valence-corrected chi connectivity index (χ2v) is 9.34. The van der Waals surface area contributed by atoms with Crippen LogP contribution in [0.5, 0.6) is 0 Å². The van der Waals surface area contributed by atoms with Crippen LogP contribution in [0.1, 0.15) is 50.2 Å². The van der Waals surface area contributed by atoms with Gasteiger partial charge in [-0.2, -0.15) is 0 Å². The normalized spacial score (nSPS) is 15.3. The van der Waals surface area contributed by atoms with Gasteiger partial charge in [-0.25, -0.2) is 4.39 Å². The minimum absolute atomic E-state index is 0.0165. The summed E-state index contributed by atoms with van der Waals surface area (Å²) in [5.41, 5.74) is 0.621. The van der Waals surface area contributed by atoms with E-state index in [0.29, 0.717) is 15.6 Å². The standard InChI is InChI=1S/C24H26Cl3FN2O2/c1-15(24(32)29-16-7-3-2-4-8-16)30(14-18-20(26)9-5-10-21(18)27)23(31)13-17-19(25)11-6-12-22(17)28/h5-6,9-12,15-16H,2-4,7-8,13-14H2,1H3,(H,29,32)/t15-/m0/s1. The van der Waals surface area contributed by atoms with Crippen LogP contribution in [0.15, 0.2) is 36.4 Å². The Morgan fingerprint density at radius 1 is 1.00 bits per heavy atom. The molecule has 0 aliphatic heterocycles. The van der Waals surface area contributed by atoms with Crippen molar-refractivity contribution in [3.63, 3.8) is 0 Å². The summed E-state index contributed by atoms with van der Waals surface area (Å²) in [5, 5.41) is 3.99. The Morgan fingerprint density at radius 2 is 1.56 bits per heavy atom. The fraction of sp³-hybridized carbons (Fsp3) is 0.417. The monoisotopic (exact) mass is 498 g/mol. The average Bonchev–Trinajstić information content (AvgIpc) is 2.76. The largest absolute Gasteiger partial charge is 0.352 e. The molecule has 3 rings (SSSR count). The molecule has 1 fully saturated rings. The first kappa shape index (κ1) is 24.8. The van der Waals surface area contributed by atoms with Gasteiger partial charge in [0.1, 0.15) is 11.9 Å². The van der Waals surface area contributed by atoms with E-state index in [1.807, 2.05) is 0 Å². The smallest absolute Gasteiger partial charge is 0.242 e. The van der Waals surface area contributed by atoms with Crippen LogP contribution in [-0.2, 0) is 22.6 Å². The number of hydrogen-bond donors (Lipinski definition) is 1. The van der Waals surface area contributed by atoms with E-state index < -0.39 is 17.8 Å². The summed E-state index contributed by atoms with van der Waals surface area (Å²) >= 11 is 18.8. The molecule has 4 nitrogen and oxygen atoms in total. The Bertz CT molecular complexity index is 939. The van der Waals surface area contributed by atoms with E-state index in [4.69, 9.17) is 34.8 Å². The maximum absolute atomic E-state index is 14.3. The molecule has 1 aliphatic rings. The first-order chi connectivity index (χ1) is 15.3. The van der Waals surface area contributed by atoms with Crippen molar-refractivity contribution in [1.29, 1.82) is 0 Å². The second-order valence-electron chi connectivity index (χ2n) is 8.12. The highest BCUT2D eigenvalue weighted by atomic mass is 35.5. The highest BCUT2D eigenvalue weighted by Crippen LogP contribution is 2.28. The quantitative estimate of drug-likeness (QED) is 0.493. The Labute approximate surface area is 203 Å². The minimum Gasteiger partial charge on any atom is -0.352 e. The fourth-order valence-corrected chi connectivity index (χ4v) is 4.71. The number of halogens is 4. The van der Waals surface area contributed by atoms with E-state index in [2.05, 4.69) is 5.32 Å². The Morgan fingerprint density at radius 3 is 2.16 bits per heavy atom. The number of hydrogen-bond acceptors (Lipinski definition) is 2. The molecule has 1 N–H and O–H groups in total. The molecule has 0 bridgehead atoms. The minimum atomic E-state index is -0.803. The van der Waals surface area contributed by atoms with Gasteiger partial charge in [-0.3, -0.25) is 9.59 Å². The van der Waals surface area contributed by atoms with E-state index in [0.717, 1.165) is 25.7 Å². The highest BCUT2D eigenvalue weighted by Gasteiger charge is 2.30. The van der Waals surface area contributed by atoms with Crippen LogP contribution >= 0.6 is 34.8 Å². The lowest BCUT2D eigenvalue weighted by molar-refractivity contribution is -0.140. The van der Waals surface area contributed by atoms with Crippen LogP contribution in [0.25, 0.3) is 0 Å². The molecule has 0 heterocycles. The predicted octanol–water partition coefficient (Wildman–Crippen LogP) is 6.19. The molecule has 2 aromatic rings. The first-order valence-corrected chi connectivity index (χ1v) is 11.9. The zero-order valence-corrected chi connectivity index (χ0v) is 20.1. The van der Waals surface area contributed by atoms with E-state index in [1.165, 1.54) is 29.5 Å². The van der Waals surface area contributed by atoms with Crippen LogP contribution in [-0.4, -0.2) is 28.8 Å². The van der Waals surface area contributed by atoms with Gasteiger partial charge in [0.2, 0.25) is 11.8 Å². The van der Waals surface area contributed by atoms with E-state index in [9.17, 15) is 14.0 Å². The van der Waals surface area contributed by atoms with Gasteiger partial charge in [0.15, 0.2) is 0 Å². The van der Waals surface area contributed by atoms with Crippen molar-refractivity contribution in [3.8, 4) is 0 Å². The number of carbonyl (C=O) groups excluding carboxylic acids is 2. The second kappa shape index (κ2) is 11.4. The molecule has 1 atom stereocenters. The predicted molar refractivity (Wildman–Crippen MR) is 127 cm³/mol. The lowest BCUT2D eigenvalue weighted by Crippen LogP contribution is -2.50. The molecule has 172 valence electrons. The molecule has 2 aromatic carbocycles. The lowest BCUT2D eigenvalue weighted by atomic mass is 9.95. The van der Waals surface area contributed by atoms with Crippen molar-refractivity contribution in [2.24, 2.45) is 0 Å². The molecule has 0 unspecified atom stereocenters. The third-order valence-electron chi connectivity index (χ3n) is 5.90. The van der Waals surface area contributed by atoms with Crippen molar-refractivity contribution in [3.05, 3.63) is 68.4 Å². The van der Waals surface area contributed by atoms with E-state index in [-0.39, 0.29) is 35.5 Å². The van der Waals surface area contributed by atoms with Crippen LogP contribution in [0.4, 0.5) is 4.39 Å². The highest BCUT2D eigenvalue weighted by molar-refractivity contribution is 6.36. The molecule has 2 amide bonds. The molecular formula is C24H26Cl3FN2O2. The number of carbonyl (C=O) groups is 2. The molecule has 0 aromatic heterocycles. The molecule has 32 heavy (non-hydrogen) atoms. The molecular weight excluding hydrogens is 474 g/mol. The van der Waals surface area contributed by atoms with E-state index in [1.54, 1.807) is 25.1 Å². The summed E-state index contributed by atoms with van der Waals surface area (Å²) in [5.74, 6) is -1.27. The van der Waals surface area contributed by atoms with Crippen LogP contribution in [0.2, 0.25) is 15.1 Å². The molecule has 1 saturated carbocycles. The van der Waals surface area contributed by atoms with Crippen molar-refractivity contribution in [2.75, 3.05) is 0 Å². The topological polar surface area (TPSA) is 49.4 Å². The summed E-state index contributed by atoms with van der Waals surface area (Å²) in [6.45, 7) is 1.67. The van der Waals surface area contributed by atoms with Crippen LogP contribution < -0.4 is 5.32 Å². The third kappa shape index (κ3) is 6.15. The lowest BCUT2D eigenvalue weighted by Gasteiger charge is -2.32. The van der Waals surface area contributed by atoms with Gasteiger partial charge in [-0.05, 0) is 44.0 Å². The Kier molecular flexibility index (Phi) is 8.80. The zero-order valence-electron chi connectivity index (χ0n) is 17.8. The van der Waals surface area contributed by atoms with Gasteiger partial charge in [-0.15, -0.1) is 0 Å². The summed E-state index contributed by atoms with van der Waals surface area (Å²) in [4.78, 5) is 27.7. The number of nitrogens with one attached hydrogen (secondary N) is 1. The molecule has 0 spiro atoms. The van der Waals surface area contributed by atoms with Gasteiger partial charge in [-0.1, -0.05) is 66.2 Å². The maximum Gasteiger partial charge on any atom is 0.242 e. The molecule has 0 saturated heterocycles. The third-order valence-corrected chi connectivity index (χ3v) is 6.96. The van der Waals surface area contributed by atoms with Crippen molar-refractivity contribution < 1.29 is 14.0 Å². The molecule has 1 aliphatic carbocycles.